The van der Waals surface area contributed by atoms with Crippen molar-refractivity contribution in [3.63, 3.8) is 0 Å². The number of nitrogens with one attached hydrogen (secondary N) is 1. The maximum Gasteiger partial charge on any atom is 0.221 e. The second-order valence-electron chi connectivity index (χ2n) is 4.69. The molecule has 2 aromatic rings. The van der Waals surface area contributed by atoms with Gasteiger partial charge in [0.05, 0.1) is 0 Å². The van der Waals surface area contributed by atoms with Crippen molar-refractivity contribution < 1.29 is 9.18 Å². The maximum atomic E-state index is 13.1. The second kappa shape index (κ2) is 7.26. The third-order valence-electron chi connectivity index (χ3n) is 3.16. The first-order valence-electron chi connectivity index (χ1n) is 6.63. The number of thioether (sulfide) groups is 1. The van der Waals surface area contributed by atoms with Gasteiger partial charge in [-0.05, 0) is 24.0 Å². The Kier molecular flexibility index (Phi) is 5.38. The summed E-state index contributed by atoms with van der Waals surface area (Å²) in [4.78, 5) is 16.3. The lowest BCUT2D eigenvalue weighted by Crippen LogP contribution is -2.31. The van der Waals surface area contributed by atoms with Crippen LogP contribution in [0.15, 0.2) is 36.7 Å². The normalized spacial score (nSPS) is 12.1. The van der Waals surface area contributed by atoms with Crippen LogP contribution < -0.4 is 5.32 Å². The molecular formula is C15H18FN3OS. The molecule has 0 fully saturated rings. The van der Waals surface area contributed by atoms with Gasteiger partial charge in [0.1, 0.15) is 17.7 Å². The molecule has 0 aliphatic carbocycles. The summed E-state index contributed by atoms with van der Waals surface area (Å²) in [7, 11) is 1.87. The first-order valence-corrected chi connectivity index (χ1v) is 8.02. The number of rotatable bonds is 6. The molecule has 0 bridgehead atoms. The SMILES string of the molecule is CSCCC(=O)NC(c1ccc(F)cc1)c1nccn1C. The number of aromatic nitrogens is 2. The molecule has 0 spiro atoms. The smallest absolute Gasteiger partial charge is 0.221 e. The van der Waals surface area contributed by atoms with E-state index in [1.165, 1.54) is 12.1 Å². The Morgan fingerprint density at radius 2 is 2.14 bits per heavy atom. The molecule has 1 amide bonds. The highest BCUT2D eigenvalue weighted by Crippen LogP contribution is 2.21. The fourth-order valence-electron chi connectivity index (χ4n) is 2.04. The van der Waals surface area contributed by atoms with Crippen LogP contribution in [0.3, 0.4) is 0 Å². The Bertz CT molecular complexity index is 597. The zero-order chi connectivity index (χ0) is 15.2. The van der Waals surface area contributed by atoms with E-state index in [2.05, 4.69) is 10.3 Å². The Balaban J connectivity index is 2.25. The molecule has 4 nitrogen and oxygen atoms in total. The van der Waals surface area contributed by atoms with Crippen LogP contribution in [0.2, 0.25) is 0 Å². The average molecular weight is 307 g/mol. The summed E-state index contributed by atoms with van der Waals surface area (Å²) < 4.78 is 14.9. The monoisotopic (exact) mass is 307 g/mol. The second-order valence-corrected chi connectivity index (χ2v) is 5.68. The van der Waals surface area contributed by atoms with Gasteiger partial charge in [-0.3, -0.25) is 4.79 Å². The van der Waals surface area contributed by atoms with E-state index in [4.69, 9.17) is 0 Å². The summed E-state index contributed by atoms with van der Waals surface area (Å²) in [6.45, 7) is 0. The molecule has 1 aromatic heterocycles. The van der Waals surface area contributed by atoms with Gasteiger partial charge < -0.3 is 9.88 Å². The van der Waals surface area contributed by atoms with Crippen molar-refractivity contribution in [1.29, 1.82) is 0 Å². The molecule has 0 saturated heterocycles. The molecule has 0 aliphatic rings. The van der Waals surface area contributed by atoms with Crippen molar-refractivity contribution in [3.05, 3.63) is 53.9 Å². The Labute approximate surface area is 127 Å². The van der Waals surface area contributed by atoms with E-state index in [-0.39, 0.29) is 17.8 Å². The summed E-state index contributed by atoms with van der Waals surface area (Å²) in [6.07, 6.45) is 5.91. The predicted molar refractivity (Wildman–Crippen MR) is 82.6 cm³/mol. The van der Waals surface area contributed by atoms with Crippen molar-refractivity contribution in [3.8, 4) is 0 Å². The Morgan fingerprint density at radius 3 is 2.71 bits per heavy atom. The number of benzene rings is 1. The Hall–Kier alpha value is -1.82. The summed E-state index contributed by atoms with van der Waals surface area (Å²) >= 11 is 1.62. The van der Waals surface area contributed by atoms with Crippen LogP contribution in [0.25, 0.3) is 0 Å². The highest BCUT2D eigenvalue weighted by molar-refractivity contribution is 7.98. The lowest BCUT2D eigenvalue weighted by Gasteiger charge is -2.19. The number of aryl methyl sites for hydroxylation is 1. The molecule has 0 radical (unpaired) electrons. The fourth-order valence-corrected chi connectivity index (χ4v) is 2.42. The van der Waals surface area contributed by atoms with Crippen molar-refractivity contribution in [2.75, 3.05) is 12.0 Å². The minimum Gasteiger partial charge on any atom is -0.342 e. The molecule has 21 heavy (non-hydrogen) atoms. The van der Waals surface area contributed by atoms with E-state index < -0.39 is 0 Å². The molecule has 1 N–H and O–H groups in total. The zero-order valence-corrected chi connectivity index (χ0v) is 12.9. The largest absolute Gasteiger partial charge is 0.342 e. The summed E-state index contributed by atoms with van der Waals surface area (Å²) in [5.41, 5.74) is 0.809. The molecular weight excluding hydrogens is 289 g/mol. The maximum absolute atomic E-state index is 13.1. The van der Waals surface area contributed by atoms with Crippen LogP contribution in [-0.2, 0) is 11.8 Å². The van der Waals surface area contributed by atoms with Crippen LogP contribution in [0.5, 0.6) is 0 Å². The molecule has 1 heterocycles. The van der Waals surface area contributed by atoms with Gasteiger partial charge in [0.2, 0.25) is 5.91 Å². The quantitative estimate of drug-likeness (QED) is 0.892. The number of imidazole rings is 1. The van der Waals surface area contributed by atoms with Crippen LogP contribution in [0.1, 0.15) is 23.9 Å². The number of carbonyl (C=O) groups excluding carboxylic acids is 1. The van der Waals surface area contributed by atoms with E-state index in [9.17, 15) is 9.18 Å². The minimum atomic E-state index is -0.375. The standard InChI is InChI=1S/C15H18FN3OS/c1-19-9-8-17-15(19)14(18-13(20)7-10-21-2)11-3-5-12(16)6-4-11/h3-6,8-9,14H,7,10H2,1-2H3,(H,18,20). The van der Waals surface area contributed by atoms with Crippen molar-refractivity contribution in [2.45, 2.75) is 12.5 Å². The number of halogens is 1. The third kappa shape index (κ3) is 4.07. The van der Waals surface area contributed by atoms with E-state index in [1.807, 2.05) is 24.1 Å². The zero-order valence-electron chi connectivity index (χ0n) is 12.0. The molecule has 1 unspecified atom stereocenters. The van der Waals surface area contributed by atoms with Crippen LogP contribution >= 0.6 is 11.8 Å². The van der Waals surface area contributed by atoms with Gasteiger partial charge in [0.15, 0.2) is 0 Å². The number of hydrogen-bond acceptors (Lipinski definition) is 3. The molecule has 0 aliphatic heterocycles. The fraction of sp³-hybridized carbons (Fsp3) is 0.333. The van der Waals surface area contributed by atoms with Crippen LogP contribution in [0.4, 0.5) is 4.39 Å². The molecule has 112 valence electrons. The first kappa shape index (κ1) is 15.6. The van der Waals surface area contributed by atoms with Gasteiger partial charge >= 0.3 is 0 Å². The van der Waals surface area contributed by atoms with Crippen molar-refractivity contribution in [2.24, 2.45) is 7.05 Å². The molecule has 0 saturated carbocycles. The van der Waals surface area contributed by atoms with Crippen molar-refractivity contribution >= 4 is 17.7 Å². The number of carbonyl (C=O) groups is 1. The van der Waals surface area contributed by atoms with Gasteiger partial charge in [-0.25, -0.2) is 9.37 Å². The van der Waals surface area contributed by atoms with E-state index in [0.29, 0.717) is 6.42 Å². The first-order chi connectivity index (χ1) is 10.1. The van der Waals surface area contributed by atoms with Crippen LogP contribution in [0, 0.1) is 5.82 Å². The molecule has 1 atom stereocenters. The lowest BCUT2D eigenvalue weighted by molar-refractivity contribution is -0.121. The third-order valence-corrected chi connectivity index (χ3v) is 3.77. The number of hydrogen-bond donors (Lipinski definition) is 1. The van der Waals surface area contributed by atoms with Crippen LogP contribution in [-0.4, -0.2) is 27.5 Å². The predicted octanol–water partition coefficient (Wildman–Crippen LogP) is 2.52. The summed E-state index contributed by atoms with van der Waals surface area (Å²) in [6, 6.07) is 5.74. The number of nitrogens with zero attached hydrogens (tertiary/aromatic N) is 2. The van der Waals surface area contributed by atoms with E-state index in [0.717, 1.165) is 17.1 Å². The van der Waals surface area contributed by atoms with Crippen molar-refractivity contribution in [1.82, 2.24) is 14.9 Å². The molecule has 6 heteroatoms. The highest BCUT2D eigenvalue weighted by Gasteiger charge is 2.20. The molecule has 1 aromatic carbocycles. The van der Waals surface area contributed by atoms with Gasteiger partial charge in [0.25, 0.3) is 0 Å². The van der Waals surface area contributed by atoms with E-state index >= 15 is 0 Å². The van der Waals surface area contributed by atoms with Gasteiger partial charge in [-0.15, -0.1) is 0 Å². The van der Waals surface area contributed by atoms with E-state index in [1.54, 1.807) is 30.1 Å². The minimum absolute atomic E-state index is 0.0401. The van der Waals surface area contributed by atoms with Gasteiger partial charge in [0, 0.05) is 31.6 Å². The lowest BCUT2D eigenvalue weighted by atomic mass is 10.1. The summed E-state index contributed by atoms with van der Waals surface area (Å²) in [5.74, 6) is 1.15. The topological polar surface area (TPSA) is 46.9 Å². The Morgan fingerprint density at radius 1 is 1.43 bits per heavy atom. The van der Waals surface area contributed by atoms with Gasteiger partial charge in [-0.1, -0.05) is 12.1 Å². The average Bonchev–Trinajstić information content (AvgIpc) is 2.89. The van der Waals surface area contributed by atoms with Gasteiger partial charge in [-0.2, -0.15) is 11.8 Å². The number of amides is 1. The highest BCUT2D eigenvalue weighted by atomic mass is 32.2. The summed E-state index contributed by atoms with van der Waals surface area (Å²) in [5, 5.41) is 2.97. The molecule has 2 rings (SSSR count).